The van der Waals surface area contributed by atoms with E-state index in [1.54, 1.807) is 30.5 Å². The van der Waals surface area contributed by atoms with Crippen LogP contribution in [0.25, 0.3) is 10.9 Å². The average molecular weight is 400 g/mol. The summed E-state index contributed by atoms with van der Waals surface area (Å²) in [7, 11) is -0.0554. The van der Waals surface area contributed by atoms with Crippen molar-refractivity contribution in [1.82, 2.24) is 13.8 Å². The lowest BCUT2D eigenvalue weighted by molar-refractivity contribution is 0.148. The Morgan fingerprint density at radius 1 is 1.00 bits per heavy atom. The normalized spacial score (nSPS) is 16.5. The maximum absolute atomic E-state index is 13.4. The molecule has 3 aromatic rings. The molecule has 28 heavy (non-hydrogen) atoms. The van der Waals surface area contributed by atoms with Gasteiger partial charge in [-0.1, -0.05) is 24.3 Å². The zero-order valence-electron chi connectivity index (χ0n) is 16.2. The second-order valence-corrected chi connectivity index (χ2v) is 9.05. The SMILES string of the molecule is COc1cccc(S(=O)(=O)n2cc(CN3CCN(C)CC3)c3ccccc32)c1. The van der Waals surface area contributed by atoms with Crippen molar-refractivity contribution < 1.29 is 13.2 Å². The van der Waals surface area contributed by atoms with Crippen LogP contribution in [0, 0.1) is 0 Å². The minimum atomic E-state index is -3.72. The van der Waals surface area contributed by atoms with Gasteiger partial charge in [0.05, 0.1) is 17.5 Å². The van der Waals surface area contributed by atoms with Crippen LogP contribution in [0.2, 0.25) is 0 Å². The first-order valence-corrected chi connectivity index (χ1v) is 10.8. The monoisotopic (exact) mass is 399 g/mol. The quantitative estimate of drug-likeness (QED) is 0.660. The van der Waals surface area contributed by atoms with Gasteiger partial charge in [0.1, 0.15) is 5.75 Å². The highest BCUT2D eigenvalue weighted by atomic mass is 32.2. The maximum Gasteiger partial charge on any atom is 0.268 e. The van der Waals surface area contributed by atoms with E-state index in [0.29, 0.717) is 11.3 Å². The Kier molecular flexibility index (Phi) is 5.14. The molecule has 0 aliphatic carbocycles. The van der Waals surface area contributed by atoms with Crippen molar-refractivity contribution in [1.29, 1.82) is 0 Å². The fraction of sp³-hybridized carbons (Fsp3) is 0.333. The molecule has 0 amide bonds. The van der Waals surface area contributed by atoms with Crippen LogP contribution < -0.4 is 4.74 Å². The number of likely N-dealkylation sites (N-methyl/N-ethyl adjacent to an activating group) is 1. The fourth-order valence-corrected chi connectivity index (χ4v) is 5.09. The second-order valence-electron chi connectivity index (χ2n) is 7.23. The largest absolute Gasteiger partial charge is 0.497 e. The van der Waals surface area contributed by atoms with Gasteiger partial charge in [0.15, 0.2) is 0 Å². The number of rotatable bonds is 5. The van der Waals surface area contributed by atoms with Crippen LogP contribution in [0.15, 0.2) is 59.6 Å². The second kappa shape index (κ2) is 7.58. The number of fused-ring (bicyclic) bond motifs is 1. The first-order chi connectivity index (χ1) is 13.5. The number of benzene rings is 2. The van der Waals surface area contributed by atoms with Crippen LogP contribution in [-0.2, 0) is 16.6 Å². The predicted molar refractivity (Wildman–Crippen MR) is 110 cm³/mol. The van der Waals surface area contributed by atoms with E-state index < -0.39 is 10.0 Å². The lowest BCUT2D eigenvalue weighted by Crippen LogP contribution is -2.43. The van der Waals surface area contributed by atoms with Crippen molar-refractivity contribution in [3.05, 3.63) is 60.3 Å². The Balaban J connectivity index is 1.75. The number of hydrogen-bond acceptors (Lipinski definition) is 5. The number of nitrogens with zero attached hydrogens (tertiary/aromatic N) is 3. The Morgan fingerprint density at radius 2 is 1.75 bits per heavy atom. The van der Waals surface area contributed by atoms with E-state index in [-0.39, 0.29) is 4.90 Å². The van der Waals surface area contributed by atoms with E-state index in [1.807, 2.05) is 24.3 Å². The molecule has 0 saturated carbocycles. The molecule has 7 heteroatoms. The third-order valence-corrected chi connectivity index (χ3v) is 7.02. The van der Waals surface area contributed by atoms with E-state index in [0.717, 1.165) is 43.7 Å². The van der Waals surface area contributed by atoms with E-state index in [1.165, 1.54) is 11.1 Å². The van der Waals surface area contributed by atoms with E-state index in [9.17, 15) is 8.42 Å². The molecular formula is C21H25N3O3S. The molecule has 0 bridgehead atoms. The summed E-state index contributed by atoms with van der Waals surface area (Å²) in [5.41, 5.74) is 1.74. The van der Waals surface area contributed by atoms with E-state index >= 15 is 0 Å². The molecule has 4 rings (SSSR count). The first-order valence-electron chi connectivity index (χ1n) is 9.38. The van der Waals surface area contributed by atoms with Crippen LogP contribution in [0.3, 0.4) is 0 Å². The van der Waals surface area contributed by atoms with E-state index in [2.05, 4.69) is 16.8 Å². The smallest absolute Gasteiger partial charge is 0.268 e. The van der Waals surface area contributed by atoms with Gasteiger partial charge < -0.3 is 9.64 Å². The summed E-state index contributed by atoms with van der Waals surface area (Å²) in [6.45, 7) is 4.77. The summed E-state index contributed by atoms with van der Waals surface area (Å²) in [5.74, 6) is 0.523. The topological polar surface area (TPSA) is 54.8 Å². The minimum absolute atomic E-state index is 0.221. The Labute approximate surface area is 166 Å². The number of aromatic nitrogens is 1. The summed E-state index contributed by atoms with van der Waals surface area (Å²) in [5, 5.41) is 0.980. The molecule has 0 spiro atoms. The van der Waals surface area contributed by atoms with Crippen molar-refractivity contribution in [2.75, 3.05) is 40.3 Å². The van der Waals surface area contributed by atoms with Crippen molar-refractivity contribution >= 4 is 20.9 Å². The number of methoxy groups -OCH3 is 1. The Hall–Kier alpha value is -2.35. The van der Waals surface area contributed by atoms with Gasteiger partial charge in [-0.05, 0) is 30.8 Å². The van der Waals surface area contributed by atoms with Gasteiger partial charge in [-0.2, -0.15) is 0 Å². The van der Waals surface area contributed by atoms with Gasteiger partial charge in [-0.25, -0.2) is 12.4 Å². The number of hydrogen-bond donors (Lipinski definition) is 0. The summed E-state index contributed by atoms with van der Waals surface area (Å²) < 4.78 is 33.3. The third kappa shape index (κ3) is 3.53. The van der Waals surface area contributed by atoms with Crippen LogP contribution >= 0.6 is 0 Å². The van der Waals surface area contributed by atoms with Crippen molar-refractivity contribution in [3.8, 4) is 5.75 Å². The number of ether oxygens (including phenoxy) is 1. The average Bonchev–Trinajstić information content (AvgIpc) is 3.09. The summed E-state index contributed by atoms with van der Waals surface area (Å²) in [6, 6.07) is 14.3. The van der Waals surface area contributed by atoms with Crippen molar-refractivity contribution in [3.63, 3.8) is 0 Å². The first kappa shape index (κ1) is 19.0. The van der Waals surface area contributed by atoms with Gasteiger partial charge in [0.25, 0.3) is 10.0 Å². The predicted octanol–water partition coefficient (Wildman–Crippen LogP) is 2.63. The van der Waals surface area contributed by atoms with Crippen LogP contribution in [0.4, 0.5) is 0 Å². The summed E-state index contributed by atoms with van der Waals surface area (Å²) in [4.78, 5) is 4.91. The molecule has 0 unspecified atom stereocenters. The molecule has 0 atom stereocenters. The molecule has 2 heterocycles. The maximum atomic E-state index is 13.4. The molecular weight excluding hydrogens is 374 g/mol. The lowest BCUT2D eigenvalue weighted by Gasteiger charge is -2.32. The van der Waals surface area contributed by atoms with Gasteiger partial charge >= 0.3 is 0 Å². The van der Waals surface area contributed by atoms with Crippen LogP contribution in [-0.4, -0.2) is 62.5 Å². The molecule has 1 aromatic heterocycles. The molecule has 6 nitrogen and oxygen atoms in total. The molecule has 1 aliphatic heterocycles. The molecule has 2 aromatic carbocycles. The standard InChI is InChI=1S/C21H25N3O3S/c1-22-10-12-23(13-11-22)15-17-16-24(21-9-4-3-8-20(17)21)28(25,26)19-7-5-6-18(14-19)27-2/h3-9,14,16H,10-13,15H2,1-2H3. The van der Waals surface area contributed by atoms with Crippen LogP contribution in [0.5, 0.6) is 5.75 Å². The zero-order valence-corrected chi connectivity index (χ0v) is 17.0. The van der Waals surface area contributed by atoms with Gasteiger partial charge in [-0.15, -0.1) is 0 Å². The lowest BCUT2D eigenvalue weighted by atomic mass is 10.1. The molecule has 0 radical (unpaired) electrons. The molecule has 1 aliphatic rings. The van der Waals surface area contributed by atoms with Crippen molar-refractivity contribution in [2.24, 2.45) is 0 Å². The number of para-hydroxylation sites is 1. The summed E-state index contributed by atoms with van der Waals surface area (Å²) >= 11 is 0. The molecule has 1 fully saturated rings. The molecule has 0 N–H and O–H groups in total. The molecule has 148 valence electrons. The van der Waals surface area contributed by atoms with Gasteiger partial charge in [0.2, 0.25) is 0 Å². The molecule has 1 saturated heterocycles. The van der Waals surface area contributed by atoms with E-state index in [4.69, 9.17) is 4.74 Å². The third-order valence-electron chi connectivity index (χ3n) is 5.35. The fourth-order valence-electron chi connectivity index (χ4n) is 3.66. The Morgan fingerprint density at radius 3 is 2.50 bits per heavy atom. The van der Waals surface area contributed by atoms with Crippen molar-refractivity contribution in [2.45, 2.75) is 11.4 Å². The number of piperazine rings is 1. The minimum Gasteiger partial charge on any atom is -0.497 e. The summed E-state index contributed by atoms with van der Waals surface area (Å²) in [6.07, 6.45) is 1.78. The Bertz CT molecular complexity index is 1080. The highest BCUT2D eigenvalue weighted by molar-refractivity contribution is 7.90. The van der Waals surface area contributed by atoms with Gasteiger partial charge in [-0.3, -0.25) is 4.90 Å². The highest BCUT2D eigenvalue weighted by Gasteiger charge is 2.23. The zero-order chi connectivity index (χ0) is 19.7. The van der Waals surface area contributed by atoms with Gasteiger partial charge in [0, 0.05) is 50.4 Å². The highest BCUT2D eigenvalue weighted by Crippen LogP contribution is 2.28. The van der Waals surface area contributed by atoms with Crippen LogP contribution in [0.1, 0.15) is 5.56 Å².